The van der Waals surface area contributed by atoms with Gasteiger partial charge in [0.2, 0.25) is 5.91 Å². The molecule has 11 heteroatoms. The standard InChI is InChI=1S/C28H31N3O6S2/c1-2-22(32)23-25(33)30-24(26(34)35)27(39-28(23,30)16-19-8-10-20(11-9-19)31(36)37)38-21-13-15-29(17-21)14-12-18-6-4-3-5-7-18/h3-11,21-23,32H,2,12-17H2,1H3,(H,34,35)/t21?,22-,23+,28+/m0/s1. The van der Waals surface area contributed by atoms with Crippen molar-refractivity contribution >= 4 is 41.1 Å². The number of nitro groups is 1. The fraction of sp³-hybridized carbons (Fsp3) is 0.429. The maximum absolute atomic E-state index is 13.3. The van der Waals surface area contributed by atoms with E-state index in [1.165, 1.54) is 46.1 Å². The molecule has 2 N–H and O–H groups in total. The number of fused-ring (bicyclic) bond motifs is 1. The van der Waals surface area contributed by atoms with E-state index >= 15 is 0 Å². The summed E-state index contributed by atoms with van der Waals surface area (Å²) in [5.74, 6) is -2.31. The monoisotopic (exact) mass is 569 g/mol. The Morgan fingerprint density at radius 1 is 1.21 bits per heavy atom. The van der Waals surface area contributed by atoms with E-state index in [1.807, 2.05) is 18.2 Å². The lowest BCUT2D eigenvalue weighted by Gasteiger charge is -2.54. The Bertz CT molecular complexity index is 1290. The van der Waals surface area contributed by atoms with Crippen molar-refractivity contribution in [3.05, 3.63) is 85.8 Å². The third-order valence-corrected chi connectivity index (χ3v) is 10.7. The molecule has 2 saturated heterocycles. The van der Waals surface area contributed by atoms with Crippen molar-refractivity contribution in [1.29, 1.82) is 0 Å². The molecule has 3 aliphatic rings. The number of nitro benzene ring substituents is 1. The van der Waals surface area contributed by atoms with E-state index < -0.39 is 27.8 Å². The number of carbonyl (C=O) groups excluding carboxylic acids is 1. The first kappa shape index (κ1) is 27.7. The predicted octanol–water partition coefficient (Wildman–Crippen LogP) is 4.11. The Kier molecular flexibility index (Phi) is 8.04. The van der Waals surface area contributed by atoms with Gasteiger partial charge in [-0.1, -0.05) is 61.2 Å². The zero-order chi connectivity index (χ0) is 27.7. The summed E-state index contributed by atoms with van der Waals surface area (Å²) in [5.41, 5.74) is 1.97. The minimum atomic E-state index is -1.16. The number of carboxylic acid groups (broad SMARTS) is 1. The number of non-ortho nitro benzene ring substituents is 1. The number of likely N-dealkylation sites (tertiary alicyclic amines) is 1. The largest absolute Gasteiger partial charge is 0.477 e. The molecule has 0 aromatic heterocycles. The van der Waals surface area contributed by atoms with Crippen molar-refractivity contribution in [3.63, 3.8) is 0 Å². The highest BCUT2D eigenvalue weighted by molar-refractivity contribution is 8.23. The number of benzene rings is 2. The van der Waals surface area contributed by atoms with Crippen LogP contribution in [-0.4, -0.2) is 72.7 Å². The predicted molar refractivity (Wildman–Crippen MR) is 151 cm³/mol. The maximum atomic E-state index is 13.3. The molecule has 2 aromatic rings. The van der Waals surface area contributed by atoms with E-state index in [9.17, 15) is 29.9 Å². The van der Waals surface area contributed by atoms with Gasteiger partial charge in [0.1, 0.15) is 4.87 Å². The highest BCUT2D eigenvalue weighted by atomic mass is 32.2. The summed E-state index contributed by atoms with van der Waals surface area (Å²) < 4.78 is 0.596. The van der Waals surface area contributed by atoms with Crippen LogP contribution in [0.15, 0.2) is 64.5 Å². The first-order valence-corrected chi connectivity index (χ1v) is 14.8. The molecule has 39 heavy (non-hydrogen) atoms. The van der Waals surface area contributed by atoms with E-state index in [4.69, 9.17) is 0 Å². The van der Waals surface area contributed by atoms with Gasteiger partial charge in [-0.05, 0) is 36.9 Å². The van der Waals surface area contributed by atoms with Gasteiger partial charge >= 0.3 is 5.97 Å². The number of β-lactam (4-membered cyclic amide) rings is 1. The van der Waals surface area contributed by atoms with E-state index in [1.54, 1.807) is 19.1 Å². The normalized spacial score (nSPS) is 25.5. The summed E-state index contributed by atoms with van der Waals surface area (Å²) in [6, 6.07) is 16.4. The first-order valence-electron chi connectivity index (χ1n) is 13.1. The van der Waals surface area contributed by atoms with Crippen molar-refractivity contribution in [2.24, 2.45) is 5.92 Å². The quantitative estimate of drug-likeness (QED) is 0.234. The zero-order valence-electron chi connectivity index (χ0n) is 21.6. The molecular formula is C28H31N3O6S2. The summed E-state index contributed by atoms with van der Waals surface area (Å²) in [7, 11) is 0. The highest BCUT2D eigenvalue weighted by Gasteiger charge is 2.68. The molecule has 3 aliphatic heterocycles. The summed E-state index contributed by atoms with van der Waals surface area (Å²) in [6.07, 6.45) is 1.58. The zero-order valence-corrected chi connectivity index (χ0v) is 23.2. The number of carbonyl (C=O) groups is 2. The summed E-state index contributed by atoms with van der Waals surface area (Å²) in [6.45, 7) is 4.49. The van der Waals surface area contributed by atoms with Gasteiger partial charge in [-0.25, -0.2) is 4.79 Å². The van der Waals surface area contributed by atoms with Crippen LogP contribution in [0.4, 0.5) is 5.69 Å². The van der Waals surface area contributed by atoms with Gasteiger partial charge in [-0.15, -0.1) is 11.8 Å². The molecule has 0 aliphatic carbocycles. The van der Waals surface area contributed by atoms with Crippen molar-refractivity contribution < 1.29 is 24.7 Å². The number of carboxylic acids is 1. The summed E-state index contributed by atoms with van der Waals surface area (Å²) in [4.78, 5) is 39.2. The van der Waals surface area contributed by atoms with Crippen molar-refractivity contribution in [2.45, 2.75) is 48.8 Å². The number of nitrogens with zero attached hydrogens (tertiary/aromatic N) is 3. The number of amides is 1. The van der Waals surface area contributed by atoms with E-state index in [0.29, 0.717) is 10.7 Å². The number of rotatable bonds is 11. The number of aliphatic hydroxyl groups excluding tert-OH is 1. The molecule has 2 fully saturated rings. The van der Waals surface area contributed by atoms with Crippen LogP contribution in [0.2, 0.25) is 0 Å². The van der Waals surface area contributed by atoms with Crippen LogP contribution in [0.5, 0.6) is 0 Å². The van der Waals surface area contributed by atoms with Crippen LogP contribution in [0.1, 0.15) is 30.9 Å². The Morgan fingerprint density at radius 2 is 1.92 bits per heavy atom. The van der Waals surface area contributed by atoms with Gasteiger partial charge in [-0.2, -0.15) is 0 Å². The first-order chi connectivity index (χ1) is 18.7. The molecule has 0 radical (unpaired) electrons. The lowest BCUT2D eigenvalue weighted by molar-refractivity contribution is -0.384. The minimum absolute atomic E-state index is 0.0146. The van der Waals surface area contributed by atoms with Crippen LogP contribution in [0.3, 0.4) is 0 Å². The SMILES string of the molecule is CC[C@H](O)[C@@H]1C(=O)N2C(C(=O)O)=C(SC3CCN(CCc4ccccc4)C3)S[C@]12Cc1ccc([N+](=O)[O-])cc1. The third kappa shape index (κ3) is 5.32. The third-order valence-electron chi connectivity index (χ3n) is 7.71. The van der Waals surface area contributed by atoms with Gasteiger partial charge in [0.15, 0.2) is 5.70 Å². The van der Waals surface area contributed by atoms with Crippen LogP contribution in [0, 0.1) is 16.0 Å². The van der Waals surface area contributed by atoms with Crippen molar-refractivity contribution in [2.75, 3.05) is 19.6 Å². The molecule has 1 amide bonds. The molecule has 2 aromatic carbocycles. The molecular weight excluding hydrogens is 538 g/mol. The lowest BCUT2D eigenvalue weighted by atomic mass is 9.77. The topological polar surface area (TPSA) is 124 Å². The van der Waals surface area contributed by atoms with Gasteiger partial charge in [0.05, 0.1) is 21.2 Å². The van der Waals surface area contributed by atoms with Crippen LogP contribution >= 0.6 is 23.5 Å². The minimum Gasteiger partial charge on any atom is -0.477 e. The maximum Gasteiger partial charge on any atom is 0.354 e. The smallest absolute Gasteiger partial charge is 0.354 e. The average molecular weight is 570 g/mol. The molecule has 0 saturated carbocycles. The van der Waals surface area contributed by atoms with Gasteiger partial charge in [0.25, 0.3) is 5.69 Å². The lowest BCUT2D eigenvalue weighted by Crippen LogP contribution is -2.71. The second-order valence-corrected chi connectivity index (χ2v) is 13.1. The molecule has 206 valence electrons. The molecule has 1 unspecified atom stereocenters. The van der Waals surface area contributed by atoms with E-state index in [2.05, 4.69) is 17.0 Å². The molecule has 5 rings (SSSR count). The number of aliphatic hydroxyl groups is 1. The van der Waals surface area contributed by atoms with Crippen LogP contribution in [-0.2, 0) is 22.4 Å². The molecule has 9 nitrogen and oxygen atoms in total. The average Bonchev–Trinajstić information content (AvgIpc) is 3.48. The van der Waals surface area contributed by atoms with Gasteiger partial charge in [-0.3, -0.25) is 19.8 Å². The van der Waals surface area contributed by atoms with Crippen LogP contribution < -0.4 is 0 Å². The number of hydrogen-bond acceptors (Lipinski definition) is 8. The molecule has 0 bridgehead atoms. The number of aliphatic carboxylic acids is 1. The molecule has 3 heterocycles. The second kappa shape index (κ2) is 11.3. The molecule has 4 atom stereocenters. The Morgan fingerprint density at radius 3 is 2.56 bits per heavy atom. The summed E-state index contributed by atoms with van der Waals surface area (Å²) in [5, 5.41) is 32.3. The van der Waals surface area contributed by atoms with Crippen molar-refractivity contribution in [3.8, 4) is 0 Å². The Hall–Kier alpha value is -2.86. The fourth-order valence-corrected chi connectivity index (χ4v) is 9.32. The highest BCUT2D eigenvalue weighted by Crippen LogP contribution is 2.63. The Balaban J connectivity index is 1.35. The molecule has 0 spiro atoms. The number of hydrogen-bond donors (Lipinski definition) is 2. The van der Waals surface area contributed by atoms with Gasteiger partial charge < -0.3 is 15.1 Å². The number of thioether (sulfide) groups is 2. The van der Waals surface area contributed by atoms with Gasteiger partial charge in [0, 0.05) is 36.9 Å². The summed E-state index contributed by atoms with van der Waals surface area (Å²) >= 11 is 2.88. The Labute approximate surface area is 235 Å². The van der Waals surface area contributed by atoms with E-state index in [0.717, 1.165) is 38.0 Å². The fourth-order valence-electron chi connectivity index (χ4n) is 5.70. The van der Waals surface area contributed by atoms with E-state index in [-0.39, 0.29) is 29.0 Å². The second-order valence-electron chi connectivity index (χ2n) is 10.2. The van der Waals surface area contributed by atoms with Crippen LogP contribution in [0.25, 0.3) is 0 Å². The van der Waals surface area contributed by atoms with Crippen molar-refractivity contribution in [1.82, 2.24) is 9.80 Å².